The van der Waals surface area contributed by atoms with Crippen LogP contribution in [0.4, 0.5) is 0 Å². The Morgan fingerprint density at radius 1 is 0.750 bits per heavy atom. The van der Waals surface area contributed by atoms with Gasteiger partial charge in [-0.3, -0.25) is 0 Å². The fourth-order valence-electron chi connectivity index (χ4n) is 4.64. The molecule has 0 aliphatic heterocycles. The molecule has 1 heterocycles. The van der Waals surface area contributed by atoms with Crippen molar-refractivity contribution in [3.05, 3.63) is 24.3 Å². The number of hydrogen-bond donors (Lipinski definition) is 0. The van der Waals surface area contributed by atoms with Gasteiger partial charge in [-0.2, -0.15) is 0 Å². The van der Waals surface area contributed by atoms with Crippen LogP contribution in [0.1, 0.15) is 97.3 Å². The Morgan fingerprint density at radius 3 is 2.06 bits per heavy atom. The van der Waals surface area contributed by atoms with Gasteiger partial charge in [0, 0.05) is 5.56 Å². The molecule has 0 amide bonds. The Balaban J connectivity index is 1.31. The van der Waals surface area contributed by atoms with Crippen molar-refractivity contribution in [1.82, 2.24) is 10.2 Å². The second kappa shape index (κ2) is 14.5. The summed E-state index contributed by atoms with van der Waals surface area (Å²) in [5.74, 6) is 2.81. The number of benzene rings is 1. The highest BCUT2D eigenvalue weighted by molar-refractivity contribution is 7.16. The molecule has 0 bridgehead atoms. The fourth-order valence-corrected chi connectivity index (χ4v) is 5.37. The standard InChI is InChI=1S/C27H42N2O2S/c1-3-5-7-10-22-12-14-23(15-13-22)11-9-21-31-27-29-28-26(32-27)24-16-18-25(19-17-24)30-20-8-6-4-2/h16-19,22-23H,3-15,20-21H2,1-2H3/t22-,23-. The topological polar surface area (TPSA) is 44.2 Å². The molecule has 0 N–H and O–H groups in total. The first-order chi connectivity index (χ1) is 15.8. The Bertz CT molecular complexity index is 738. The Labute approximate surface area is 199 Å². The van der Waals surface area contributed by atoms with Crippen LogP contribution in [0.3, 0.4) is 0 Å². The molecule has 0 atom stereocenters. The lowest BCUT2D eigenvalue weighted by Crippen LogP contribution is -2.15. The van der Waals surface area contributed by atoms with Crippen LogP contribution in [0.5, 0.6) is 10.9 Å². The Kier molecular flexibility index (Phi) is 11.3. The molecule has 1 aromatic heterocycles. The van der Waals surface area contributed by atoms with Crippen LogP contribution < -0.4 is 9.47 Å². The zero-order valence-corrected chi connectivity index (χ0v) is 21.0. The predicted molar refractivity (Wildman–Crippen MR) is 135 cm³/mol. The van der Waals surface area contributed by atoms with Gasteiger partial charge in [0.25, 0.3) is 5.19 Å². The van der Waals surface area contributed by atoms with Gasteiger partial charge in [0.2, 0.25) is 0 Å². The van der Waals surface area contributed by atoms with E-state index in [0.29, 0.717) is 5.19 Å². The number of aromatic nitrogens is 2. The summed E-state index contributed by atoms with van der Waals surface area (Å²) in [5.41, 5.74) is 1.06. The molecule has 0 unspecified atom stereocenters. The average molecular weight is 459 g/mol. The zero-order chi connectivity index (χ0) is 22.4. The van der Waals surface area contributed by atoms with Crippen LogP contribution in [0, 0.1) is 11.8 Å². The third-order valence-corrected chi connectivity index (χ3v) is 7.57. The lowest BCUT2D eigenvalue weighted by atomic mass is 9.78. The summed E-state index contributed by atoms with van der Waals surface area (Å²) in [7, 11) is 0. The molecule has 3 rings (SSSR count). The maximum atomic E-state index is 5.91. The summed E-state index contributed by atoms with van der Waals surface area (Å²) in [6, 6.07) is 8.14. The molecule has 1 aliphatic rings. The minimum atomic E-state index is 0.680. The third-order valence-electron chi connectivity index (χ3n) is 6.69. The smallest absolute Gasteiger partial charge is 0.294 e. The largest absolute Gasteiger partial charge is 0.494 e. The predicted octanol–water partition coefficient (Wildman–Crippen LogP) is 8.32. The van der Waals surface area contributed by atoms with Gasteiger partial charge in [0.05, 0.1) is 13.2 Å². The van der Waals surface area contributed by atoms with E-state index in [0.717, 1.165) is 54.2 Å². The van der Waals surface area contributed by atoms with Crippen molar-refractivity contribution >= 4 is 11.3 Å². The van der Waals surface area contributed by atoms with Crippen LogP contribution in [0.2, 0.25) is 0 Å². The summed E-state index contributed by atoms with van der Waals surface area (Å²) < 4.78 is 11.7. The van der Waals surface area contributed by atoms with Crippen molar-refractivity contribution in [3.63, 3.8) is 0 Å². The number of nitrogens with zero attached hydrogens (tertiary/aromatic N) is 2. The van der Waals surface area contributed by atoms with Gasteiger partial charge in [-0.25, -0.2) is 0 Å². The van der Waals surface area contributed by atoms with Crippen molar-refractivity contribution in [2.24, 2.45) is 11.8 Å². The molecule has 1 aromatic carbocycles. The quantitative estimate of drug-likeness (QED) is 0.252. The van der Waals surface area contributed by atoms with Crippen molar-refractivity contribution in [2.75, 3.05) is 13.2 Å². The highest BCUT2D eigenvalue weighted by atomic mass is 32.1. The fraction of sp³-hybridized carbons (Fsp3) is 0.704. The molecule has 1 fully saturated rings. The van der Waals surface area contributed by atoms with Crippen molar-refractivity contribution in [2.45, 2.75) is 97.3 Å². The molecule has 32 heavy (non-hydrogen) atoms. The van der Waals surface area contributed by atoms with Gasteiger partial charge < -0.3 is 9.47 Å². The van der Waals surface area contributed by atoms with E-state index in [-0.39, 0.29) is 0 Å². The van der Waals surface area contributed by atoms with Crippen LogP contribution in [0.15, 0.2) is 24.3 Å². The molecule has 2 aromatic rings. The summed E-state index contributed by atoms with van der Waals surface area (Å²) >= 11 is 1.53. The molecule has 5 heteroatoms. The van der Waals surface area contributed by atoms with E-state index in [2.05, 4.69) is 36.2 Å². The summed E-state index contributed by atoms with van der Waals surface area (Å²) in [4.78, 5) is 0. The van der Waals surface area contributed by atoms with E-state index >= 15 is 0 Å². The van der Waals surface area contributed by atoms with Gasteiger partial charge >= 0.3 is 0 Å². The molecule has 0 radical (unpaired) electrons. The molecule has 178 valence electrons. The Hall–Kier alpha value is -1.62. The first kappa shape index (κ1) is 25.0. The minimum Gasteiger partial charge on any atom is -0.494 e. The van der Waals surface area contributed by atoms with Crippen LogP contribution in [-0.4, -0.2) is 23.4 Å². The molecule has 1 aliphatic carbocycles. The van der Waals surface area contributed by atoms with Gasteiger partial charge in [0.15, 0.2) is 5.01 Å². The first-order valence-corrected chi connectivity index (χ1v) is 13.8. The number of ether oxygens (including phenoxy) is 2. The van der Waals surface area contributed by atoms with Crippen molar-refractivity contribution in [3.8, 4) is 21.5 Å². The monoisotopic (exact) mass is 458 g/mol. The van der Waals surface area contributed by atoms with Crippen molar-refractivity contribution < 1.29 is 9.47 Å². The van der Waals surface area contributed by atoms with Crippen LogP contribution in [-0.2, 0) is 0 Å². The molecule has 4 nitrogen and oxygen atoms in total. The second-order valence-electron chi connectivity index (χ2n) is 9.33. The van der Waals surface area contributed by atoms with E-state index in [9.17, 15) is 0 Å². The normalized spacial score (nSPS) is 18.6. The first-order valence-electron chi connectivity index (χ1n) is 13.0. The van der Waals surface area contributed by atoms with Crippen LogP contribution in [0.25, 0.3) is 10.6 Å². The molecular weight excluding hydrogens is 416 g/mol. The number of rotatable bonds is 15. The molecule has 0 saturated heterocycles. The molecule has 0 spiro atoms. The number of unbranched alkanes of at least 4 members (excludes halogenated alkanes) is 4. The van der Waals surface area contributed by atoms with Gasteiger partial charge in [0.1, 0.15) is 5.75 Å². The number of hydrogen-bond acceptors (Lipinski definition) is 5. The molecule has 1 saturated carbocycles. The molecular formula is C27H42N2O2S. The zero-order valence-electron chi connectivity index (χ0n) is 20.2. The summed E-state index contributed by atoms with van der Waals surface area (Å²) in [5, 5.41) is 10.1. The Morgan fingerprint density at radius 2 is 1.38 bits per heavy atom. The SMILES string of the molecule is CCCCCOc1ccc(-c2nnc(OCCC[C@H]3CC[C@H](CCCCC)CC3)s2)cc1. The highest BCUT2D eigenvalue weighted by Crippen LogP contribution is 2.34. The third kappa shape index (κ3) is 8.73. The van der Waals surface area contributed by atoms with Gasteiger partial charge in [-0.1, -0.05) is 94.5 Å². The summed E-state index contributed by atoms with van der Waals surface area (Å²) in [6.45, 7) is 6.03. The highest BCUT2D eigenvalue weighted by Gasteiger charge is 2.20. The van der Waals surface area contributed by atoms with E-state index in [1.165, 1.54) is 82.0 Å². The minimum absolute atomic E-state index is 0.680. The van der Waals surface area contributed by atoms with E-state index in [1.807, 2.05) is 12.1 Å². The van der Waals surface area contributed by atoms with Gasteiger partial charge in [-0.05, 0) is 55.4 Å². The van der Waals surface area contributed by atoms with Crippen LogP contribution >= 0.6 is 11.3 Å². The van der Waals surface area contributed by atoms with E-state index in [4.69, 9.17) is 9.47 Å². The average Bonchev–Trinajstić information content (AvgIpc) is 3.30. The lowest BCUT2D eigenvalue weighted by Gasteiger charge is -2.28. The maximum Gasteiger partial charge on any atom is 0.294 e. The van der Waals surface area contributed by atoms with Gasteiger partial charge in [-0.15, -0.1) is 5.10 Å². The second-order valence-corrected chi connectivity index (χ2v) is 10.3. The van der Waals surface area contributed by atoms with E-state index in [1.54, 1.807) is 0 Å². The lowest BCUT2D eigenvalue weighted by molar-refractivity contribution is 0.227. The van der Waals surface area contributed by atoms with Crippen molar-refractivity contribution in [1.29, 1.82) is 0 Å². The maximum absolute atomic E-state index is 5.91. The summed E-state index contributed by atoms with van der Waals surface area (Å²) in [6.07, 6.45) is 17.3. The van der Waals surface area contributed by atoms with E-state index < -0.39 is 0 Å².